The molecule has 0 saturated carbocycles. The molecular formula is C20H25N5O2. The summed E-state index contributed by atoms with van der Waals surface area (Å²) in [5, 5.41) is 9.48. The molecule has 4 rings (SSSR count). The molecule has 1 aliphatic rings. The molecule has 7 nitrogen and oxygen atoms in total. The molecule has 0 atom stereocenters. The second kappa shape index (κ2) is 7.32. The second-order valence-corrected chi connectivity index (χ2v) is 7.35. The van der Waals surface area contributed by atoms with Crippen LogP contribution in [0.25, 0.3) is 22.1 Å². The average molecular weight is 367 g/mol. The molecule has 0 aliphatic carbocycles. The van der Waals surface area contributed by atoms with Crippen molar-refractivity contribution in [2.75, 3.05) is 32.8 Å². The number of nitrogens with zero attached hydrogens (tertiary/aromatic N) is 5. The highest BCUT2D eigenvalue weighted by atomic mass is 16.5. The zero-order valence-corrected chi connectivity index (χ0v) is 16.1. The van der Waals surface area contributed by atoms with Gasteiger partial charge in [0.2, 0.25) is 5.65 Å². The van der Waals surface area contributed by atoms with E-state index in [9.17, 15) is 4.79 Å². The molecule has 0 amide bonds. The van der Waals surface area contributed by atoms with E-state index in [4.69, 9.17) is 4.74 Å². The molecular weight excluding hydrogens is 342 g/mol. The minimum atomic E-state index is 0.153. The van der Waals surface area contributed by atoms with E-state index in [0.717, 1.165) is 60.7 Å². The van der Waals surface area contributed by atoms with Crippen molar-refractivity contribution in [3.63, 3.8) is 0 Å². The van der Waals surface area contributed by atoms with Crippen molar-refractivity contribution in [3.05, 3.63) is 29.6 Å². The van der Waals surface area contributed by atoms with E-state index >= 15 is 0 Å². The molecule has 0 bridgehead atoms. The normalized spacial score (nSPS) is 15.9. The highest BCUT2D eigenvalue weighted by Crippen LogP contribution is 2.27. The summed E-state index contributed by atoms with van der Waals surface area (Å²) in [5.74, 6) is 1.06. The SMILES string of the molecule is Cc1nc2nnc3ccc(C(=O)CCN4CCOCC4)cc3c2n1C(C)C. The van der Waals surface area contributed by atoms with Crippen molar-refractivity contribution >= 4 is 27.9 Å². The fraction of sp³-hybridized carbons (Fsp3) is 0.500. The highest BCUT2D eigenvalue weighted by molar-refractivity contribution is 6.06. The van der Waals surface area contributed by atoms with E-state index in [1.165, 1.54) is 0 Å². The van der Waals surface area contributed by atoms with Crippen LogP contribution in [0.5, 0.6) is 0 Å². The largest absolute Gasteiger partial charge is 0.379 e. The van der Waals surface area contributed by atoms with Crippen molar-refractivity contribution in [2.45, 2.75) is 33.2 Å². The monoisotopic (exact) mass is 367 g/mol. The Balaban J connectivity index is 1.68. The van der Waals surface area contributed by atoms with Crippen molar-refractivity contribution in [3.8, 4) is 0 Å². The first-order valence-corrected chi connectivity index (χ1v) is 9.53. The predicted molar refractivity (Wildman–Crippen MR) is 104 cm³/mol. The molecule has 1 fully saturated rings. The van der Waals surface area contributed by atoms with Gasteiger partial charge in [-0.3, -0.25) is 9.69 Å². The van der Waals surface area contributed by atoms with Crippen LogP contribution < -0.4 is 0 Å². The van der Waals surface area contributed by atoms with Gasteiger partial charge in [0, 0.05) is 43.0 Å². The smallest absolute Gasteiger partial charge is 0.200 e. The fourth-order valence-electron chi connectivity index (χ4n) is 3.80. The van der Waals surface area contributed by atoms with Crippen LogP contribution in [0.4, 0.5) is 0 Å². The fourth-order valence-corrected chi connectivity index (χ4v) is 3.80. The van der Waals surface area contributed by atoms with Crippen LogP contribution in [0.2, 0.25) is 0 Å². The first kappa shape index (κ1) is 18.0. The molecule has 0 radical (unpaired) electrons. The summed E-state index contributed by atoms with van der Waals surface area (Å²) >= 11 is 0. The molecule has 7 heteroatoms. The Morgan fingerprint density at radius 2 is 2.00 bits per heavy atom. The Labute approximate surface area is 158 Å². The summed E-state index contributed by atoms with van der Waals surface area (Å²) in [5.41, 5.74) is 3.09. The van der Waals surface area contributed by atoms with Crippen LogP contribution >= 0.6 is 0 Å². The highest BCUT2D eigenvalue weighted by Gasteiger charge is 2.18. The quantitative estimate of drug-likeness (QED) is 0.646. The zero-order valence-electron chi connectivity index (χ0n) is 16.1. The van der Waals surface area contributed by atoms with Crippen LogP contribution in [0.15, 0.2) is 18.2 Å². The summed E-state index contributed by atoms with van der Waals surface area (Å²) in [6.07, 6.45) is 0.510. The molecule has 1 saturated heterocycles. The minimum absolute atomic E-state index is 0.153. The van der Waals surface area contributed by atoms with Gasteiger partial charge in [-0.15, -0.1) is 10.2 Å². The number of ether oxygens (including phenoxy) is 1. The first-order valence-electron chi connectivity index (χ1n) is 9.53. The van der Waals surface area contributed by atoms with E-state index < -0.39 is 0 Å². The number of carbonyl (C=O) groups excluding carboxylic acids is 1. The second-order valence-electron chi connectivity index (χ2n) is 7.35. The van der Waals surface area contributed by atoms with Gasteiger partial charge in [-0.1, -0.05) is 0 Å². The number of fused-ring (bicyclic) bond motifs is 3. The number of aromatic nitrogens is 4. The molecule has 142 valence electrons. The number of hydrogen-bond acceptors (Lipinski definition) is 6. The lowest BCUT2D eigenvalue weighted by Gasteiger charge is -2.26. The van der Waals surface area contributed by atoms with Gasteiger partial charge in [0.15, 0.2) is 5.78 Å². The van der Waals surface area contributed by atoms with Crippen LogP contribution in [0.3, 0.4) is 0 Å². The molecule has 0 N–H and O–H groups in total. The van der Waals surface area contributed by atoms with E-state index in [1.54, 1.807) is 0 Å². The summed E-state index contributed by atoms with van der Waals surface area (Å²) < 4.78 is 7.53. The van der Waals surface area contributed by atoms with Gasteiger partial charge in [-0.05, 0) is 39.0 Å². The molecule has 3 heterocycles. The van der Waals surface area contributed by atoms with Gasteiger partial charge < -0.3 is 9.30 Å². The topological polar surface area (TPSA) is 73.1 Å². The zero-order chi connectivity index (χ0) is 19.0. The van der Waals surface area contributed by atoms with E-state index in [0.29, 0.717) is 12.1 Å². The summed E-state index contributed by atoms with van der Waals surface area (Å²) in [4.78, 5) is 19.6. The molecule has 3 aromatic rings. The van der Waals surface area contributed by atoms with Crippen molar-refractivity contribution in [2.24, 2.45) is 0 Å². The van der Waals surface area contributed by atoms with Crippen LogP contribution in [0, 0.1) is 6.92 Å². The molecule has 2 aromatic heterocycles. The van der Waals surface area contributed by atoms with Crippen LogP contribution in [-0.4, -0.2) is 63.3 Å². The van der Waals surface area contributed by atoms with Crippen molar-refractivity contribution in [1.29, 1.82) is 0 Å². The molecule has 0 unspecified atom stereocenters. The van der Waals surface area contributed by atoms with Gasteiger partial charge in [0.25, 0.3) is 0 Å². The van der Waals surface area contributed by atoms with Crippen LogP contribution in [-0.2, 0) is 4.74 Å². The van der Waals surface area contributed by atoms with Gasteiger partial charge >= 0.3 is 0 Å². The van der Waals surface area contributed by atoms with E-state index in [2.05, 4.69) is 38.5 Å². The third-order valence-corrected chi connectivity index (χ3v) is 5.17. The van der Waals surface area contributed by atoms with Gasteiger partial charge in [0.05, 0.1) is 24.2 Å². The third-order valence-electron chi connectivity index (χ3n) is 5.17. The average Bonchev–Trinajstić information content (AvgIpc) is 3.03. The maximum atomic E-state index is 12.8. The standard InChI is InChI=1S/C20H25N5O2/c1-13(2)25-14(3)21-20-19(25)16-12-15(4-5-17(16)22-23-20)18(26)6-7-24-8-10-27-11-9-24/h4-5,12-13H,6-11H2,1-3H3. The first-order chi connectivity index (χ1) is 13.0. The number of carbonyl (C=O) groups is 1. The molecule has 0 spiro atoms. The minimum Gasteiger partial charge on any atom is -0.379 e. The lowest BCUT2D eigenvalue weighted by Crippen LogP contribution is -2.37. The number of benzene rings is 1. The third kappa shape index (κ3) is 3.44. The summed E-state index contributed by atoms with van der Waals surface area (Å²) in [6.45, 7) is 10.3. The van der Waals surface area contributed by atoms with Gasteiger partial charge in [-0.25, -0.2) is 4.98 Å². The Morgan fingerprint density at radius 3 is 2.74 bits per heavy atom. The number of imidazole rings is 1. The summed E-state index contributed by atoms with van der Waals surface area (Å²) in [6, 6.07) is 5.95. The van der Waals surface area contributed by atoms with Crippen LogP contribution in [0.1, 0.15) is 42.5 Å². The number of ketones is 1. The van der Waals surface area contributed by atoms with Crippen molar-refractivity contribution in [1.82, 2.24) is 24.6 Å². The van der Waals surface area contributed by atoms with Gasteiger partial charge in [-0.2, -0.15) is 0 Å². The Hall–Kier alpha value is -2.38. The predicted octanol–water partition coefficient (Wildman–Crippen LogP) is 2.77. The number of aryl methyl sites for hydroxylation is 1. The Bertz CT molecular complexity index is 989. The van der Waals surface area contributed by atoms with E-state index in [-0.39, 0.29) is 11.8 Å². The Kier molecular flexibility index (Phi) is 4.88. The lowest BCUT2D eigenvalue weighted by molar-refractivity contribution is 0.0370. The van der Waals surface area contributed by atoms with Crippen molar-refractivity contribution < 1.29 is 9.53 Å². The Morgan fingerprint density at radius 1 is 1.22 bits per heavy atom. The number of morpholine rings is 1. The number of rotatable bonds is 5. The number of Topliss-reactive ketones (excluding diaryl/α,β-unsaturated/α-hetero) is 1. The summed E-state index contributed by atoms with van der Waals surface area (Å²) in [7, 11) is 0. The molecule has 1 aromatic carbocycles. The maximum Gasteiger partial charge on any atom is 0.200 e. The van der Waals surface area contributed by atoms with E-state index in [1.807, 2.05) is 25.1 Å². The maximum absolute atomic E-state index is 12.8. The van der Waals surface area contributed by atoms with Gasteiger partial charge in [0.1, 0.15) is 5.82 Å². The molecule has 1 aliphatic heterocycles. The number of hydrogen-bond donors (Lipinski definition) is 0. The molecule has 27 heavy (non-hydrogen) atoms. The lowest BCUT2D eigenvalue weighted by atomic mass is 10.0.